The van der Waals surface area contributed by atoms with E-state index in [2.05, 4.69) is 9.97 Å². The van der Waals surface area contributed by atoms with E-state index in [-0.39, 0.29) is 5.82 Å². The van der Waals surface area contributed by atoms with Crippen LogP contribution >= 0.6 is 0 Å². The van der Waals surface area contributed by atoms with Crippen LogP contribution < -0.4 is 15.2 Å². The second-order valence-corrected chi connectivity index (χ2v) is 3.14. The number of benzene rings is 1. The fourth-order valence-corrected chi connectivity index (χ4v) is 1.50. The Labute approximate surface area is 91.4 Å². The Morgan fingerprint density at radius 2 is 1.94 bits per heavy atom. The minimum absolute atomic E-state index is 0.0813. The van der Waals surface area contributed by atoms with Gasteiger partial charge in [0.1, 0.15) is 22.5 Å². The number of methoxy groups -OCH3 is 2. The number of hydrogen-bond acceptors (Lipinski definition) is 4. The van der Waals surface area contributed by atoms with Crippen molar-refractivity contribution in [2.45, 2.75) is 0 Å². The van der Waals surface area contributed by atoms with Crippen molar-refractivity contribution in [3.8, 4) is 11.5 Å². The number of primary amides is 1. The number of nitrogens with one attached hydrogen (secondary N) is 1. The maximum atomic E-state index is 11.0. The van der Waals surface area contributed by atoms with E-state index in [0.29, 0.717) is 22.5 Å². The van der Waals surface area contributed by atoms with E-state index in [1.807, 2.05) is 0 Å². The summed E-state index contributed by atoms with van der Waals surface area (Å²) in [5.74, 6) is 0.591. The summed E-state index contributed by atoms with van der Waals surface area (Å²) in [7, 11) is 3.06. The molecule has 0 unspecified atom stereocenters. The molecule has 0 saturated heterocycles. The molecular formula is C10H11N3O3. The first-order chi connectivity index (χ1) is 7.67. The normalized spacial score (nSPS) is 10.4. The number of hydrogen-bond donors (Lipinski definition) is 2. The number of carbonyl (C=O) groups is 1. The molecule has 0 fully saturated rings. The number of aromatic nitrogens is 2. The summed E-state index contributed by atoms with van der Waals surface area (Å²) in [6.45, 7) is 0. The highest BCUT2D eigenvalue weighted by Crippen LogP contribution is 2.30. The summed E-state index contributed by atoms with van der Waals surface area (Å²) in [5, 5.41) is 0. The Morgan fingerprint density at radius 1 is 1.31 bits per heavy atom. The SMILES string of the molecule is COc1ccc(OC)c2[nH]c(C(N)=O)nc12. The first-order valence-electron chi connectivity index (χ1n) is 4.58. The van der Waals surface area contributed by atoms with Gasteiger partial charge in [-0.1, -0.05) is 0 Å². The Morgan fingerprint density at radius 3 is 2.50 bits per heavy atom. The number of amides is 1. The number of aromatic amines is 1. The lowest BCUT2D eigenvalue weighted by Crippen LogP contribution is -2.12. The predicted molar refractivity (Wildman–Crippen MR) is 57.7 cm³/mol. The van der Waals surface area contributed by atoms with E-state index >= 15 is 0 Å². The largest absolute Gasteiger partial charge is 0.494 e. The zero-order valence-electron chi connectivity index (χ0n) is 8.90. The summed E-state index contributed by atoms with van der Waals surface area (Å²) in [6, 6.07) is 3.44. The Hall–Kier alpha value is -2.24. The average Bonchev–Trinajstić information content (AvgIpc) is 2.72. The summed E-state index contributed by atoms with van der Waals surface area (Å²) in [5.41, 5.74) is 6.26. The van der Waals surface area contributed by atoms with Crippen molar-refractivity contribution >= 4 is 16.9 Å². The Balaban J connectivity index is 2.75. The summed E-state index contributed by atoms with van der Waals surface area (Å²) >= 11 is 0. The molecule has 0 aliphatic heterocycles. The van der Waals surface area contributed by atoms with Crippen LogP contribution in [0.15, 0.2) is 12.1 Å². The molecular weight excluding hydrogens is 210 g/mol. The molecule has 1 heterocycles. The van der Waals surface area contributed by atoms with E-state index in [1.54, 1.807) is 12.1 Å². The third-order valence-electron chi connectivity index (χ3n) is 2.24. The predicted octanol–water partition coefficient (Wildman–Crippen LogP) is 0.679. The topological polar surface area (TPSA) is 90.2 Å². The summed E-state index contributed by atoms with van der Waals surface area (Å²) in [4.78, 5) is 17.9. The molecule has 2 rings (SSSR count). The van der Waals surface area contributed by atoms with Gasteiger partial charge in [-0.3, -0.25) is 4.79 Å². The number of fused-ring (bicyclic) bond motifs is 1. The monoisotopic (exact) mass is 221 g/mol. The van der Waals surface area contributed by atoms with Gasteiger partial charge in [-0.15, -0.1) is 0 Å². The van der Waals surface area contributed by atoms with E-state index in [4.69, 9.17) is 15.2 Å². The fraction of sp³-hybridized carbons (Fsp3) is 0.200. The molecule has 0 aliphatic rings. The molecule has 0 aliphatic carbocycles. The lowest BCUT2D eigenvalue weighted by molar-refractivity contribution is 0.0991. The van der Waals surface area contributed by atoms with Crippen molar-refractivity contribution in [1.82, 2.24) is 9.97 Å². The van der Waals surface area contributed by atoms with Crippen molar-refractivity contribution in [2.75, 3.05) is 14.2 Å². The number of H-pyrrole nitrogens is 1. The van der Waals surface area contributed by atoms with Gasteiger partial charge in [-0.25, -0.2) is 4.98 Å². The average molecular weight is 221 g/mol. The number of carbonyl (C=O) groups excluding carboxylic acids is 1. The van der Waals surface area contributed by atoms with Gasteiger partial charge in [0.15, 0.2) is 5.82 Å². The quantitative estimate of drug-likeness (QED) is 0.797. The molecule has 84 valence electrons. The van der Waals surface area contributed by atoms with Crippen LogP contribution in [0.5, 0.6) is 11.5 Å². The molecule has 1 amide bonds. The number of imidazole rings is 1. The molecule has 0 spiro atoms. The van der Waals surface area contributed by atoms with Crippen LogP contribution in [-0.2, 0) is 0 Å². The molecule has 0 saturated carbocycles. The zero-order valence-corrected chi connectivity index (χ0v) is 8.90. The zero-order chi connectivity index (χ0) is 11.7. The summed E-state index contributed by atoms with van der Waals surface area (Å²) in [6.07, 6.45) is 0. The van der Waals surface area contributed by atoms with Gasteiger partial charge in [-0.05, 0) is 12.1 Å². The van der Waals surface area contributed by atoms with Crippen LogP contribution in [0.3, 0.4) is 0 Å². The Kier molecular flexibility index (Phi) is 2.40. The number of ether oxygens (including phenoxy) is 2. The minimum Gasteiger partial charge on any atom is -0.494 e. The van der Waals surface area contributed by atoms with Crippen molar-refractivity contribution in [1.29, 1.82) is 0 Å². The first kappa shape index (κ1) is 10.3. The number of nitrogens with two attached hydrogens (primary N) is 1. The van der Waals surface area contributed by atoms with Crippen molar-refractivity contribution in [3.05, 3.63) is 18.0 Å². The van der Waals surface area contributed by atoms with Gasteiger partial charge in [0.25, 0.3) is 5.91 Å². The van der Waals surface area contributed by atoms with Gasteiger partial charge in [0.05, 0.1) is 14.2 Å². The van der Waals surface area contributed by atoms with Crippen LogP contribution in [0.25, 0.3) is 11.0 Å². The van der Waals surface area contributed by atoms with Crippen molar-refractivity contribution in [2.24, 2.45) is 5.73 Å². The minimum atomic E-state index is -0.625. The highest BCUT2D eigenvalue weighted by atomic mass is 16.5. The highest BCUT2D eigenvalue weighted by molar-refractivity contribution is 5.96. The van der Waals surface area contributed by atoms with Crippen LogP contribution in [0.4, 0.5) is 0 Å². The molecule has 2 aromatic rings. The van der Waals surface area contributed by atoms with Crippen LogP contribution in [0.2, 0.25) is 0 Å². The third kappa shape index (κ3) is 1.44. The van der Waals surface area contributed by atoms with Gasteiger partial charge < -0.3 is 20.2 Å². The Bertz CT molecular complexity index is 506. The highest BCUT2D eigenvalue weighted by Gasteiger charge is 2.14. The maximum Gasteiger partial charge on any atom is 0.284 e. The number of nitrogens with zero attached hydrogens (tertiary/aromatic N) is 1. The van der Waals surface area contributed by atoms with Crippen molar-refractivity contribution < 1.29 is 14.3 Å². The van der Waals surface area contributed by atoms with E-state index in [1.165, 1.54) is 14.2 Å². The van der Waals surface area contributed by atoms with E-state index in [0.717, 1.165) is 0 Å². The van der Waals surface area contributed by atoms with Crippen LogP contribution in [-0.4, -0.2) is 30.1 Å². The molecule has 1 aromatic heterocycles. The molecule has 1 aromatic carbocycles. The molecule has 16 heavy (non-hydrogen) atoms. The van der Waals surface area contributed by atoms with Gasteiger partial charge in [-0.2, -0.15) is 0 Å². The second-order valence-electron chi connectivity index (χ2n) is 3.14. The molecule has 0 atom stereocenters. The molecule has 0 bridgehead atoms. The lowest BCUT2D eigenvalue weighted by Gasteiger charge is -2.03. The third-order valence-corrected chi connectivity index (χ3v) is 2.24. The number of rotatable bonds is 3. The van der Waals surface area contributed by atoms with E-state index in [9.17, 15) is 4.79 Å². The van der Waals surface area contributed by atoms with Crippen LogP contribution in [0.1, 0.15) is 10.6 Å². The fourth-order valence-electron chi connectivity index (χ4n) is 1.50. The molecule has 0 radical (unpaired) electrons. The van der Waals surface area contributed by atoms with Crippen LogP contribution in [0, 0.1) is 0 Å². The van der Waals surface area contributed by atoms with E-state index < -0.39 is 5.91 Å². The standard InChI is InChI=1S/C10H11N3O3/c1-15-5-3-4-6(16-2)8-7(5)12-10(13-8)9(11)14/h3-4H,1-2H3,(H2,11,14)(H,12,13). The van der Waals surface area contributed by atoms with Crippen molar-refractivity contribution in [3.63, 3.8) is 0 Å². The van der Waals surface area contributed by atoms with Gasteiger partial charge in [0.2, 0.25) is 0 Å². The molecule has 3 N–H and O–H groups in total. The first-order valence-corrected chi connectivity index (χ1v) is 4.58. The molecule has 6 nitrogen and oxygen atoms in total. The van der Waals surface area contributed by atoms with Gasteiger partial charge in [0, 0.05) is 0 Å². The molecule has 6 heteroatoms. The smallest absolute Gasteiger partial charge is 0.284 e. The maximum absolute atomic E-state index is 11.0. The second kappa shape index (κ2) is 3.73. The van der Waals surface area contributed by atoms with Gasteiger partial charge >= 0.3 is 0 Å². The lowest BCUT2D eigenvalue weighted by atomic mass is 10.2. The summed E-state index contributed by atoms with van der Waals surface area (Å²) < 4.78 is 10.3.